The van der Waals surface area contributed by atoms with E-state index < -0.39 is 0 Å². The maximum absolute atomic E-state index is 11.6. The molecule has 0 saturated carbocycles. The molecule has 17 heavy (non-hydrogen) atoms. The van der Waals surface area contributed by atoms with Crippen molar-refractivity contribution in [3.63, 3.8) is 0 Å². The van der Waals surface area contributed by atoms with Crippen LogP contribution >= 0.6 is 27.3 Å². The number of nitrogens with one attached hydrogen (secondary N) is 1. The minimum Gasteiger partial charge on any atom is -0.266 e. The Balaban J connectivity index is 1.99. The average molecular weight is 309 g/mol. The van der Waals surface area contributed by atoms with Gasteiger partial charge in [-0.1, -0.05) is 40.2 Å². The highest BCUT2D eigenvalue weighted by molar-refractivity contribution is 9.10. The molecule has 86 valence electrons. The Morgan fingerprint density at radius 1 is 1.29 bits per heavy atom. The molecule has 0 bridgehead atoms. The van der Waals surface area contributed by atoms with Crippen LogP contribution in [-0.4, -0.2) is 12.1 Å². The van der Waals surface area contributed by atoms with Crippen molar-refractivity contribution >= 4 is 39.4 Å². The average Bonchev–Trinajstić information content (AvgIpc) is 2.85. The van der Waals surface area contributed by atoms with Crippen molar-refractivity contribution < 1.29 is 4.79 Å². The summed E-state index contributed by atoms with van der Waals surface area (Å²) >= 11 is 4.79. The first-order chi connectivity index (χ1) is 8.27. The summed E-state index contributed by atoms with van der Waals surface area (Å²) < 4.78 is 0.939. The quantitative estimate of drug-likeness (QED) is 0.686. The molecule has 0 saturated heterocycles. The predicted octanol–water partition coefficient (Wildman–Crippen LogP) is 3.27. The zero-order chi connectivity index (χ0) is 12.1. The van der Waals surface area contributed by atoms with E-state index in [-0.39, 0.29) is 5.91 Å². The predicted molar refractivity (Wildman–Crippen MR) is 73.5 cm³/mol. The summed E-state index contributed by atoms with van der Waals surface area (Å²) in [6, 6.07) is 11.2. The molecule has 0 spiro atoms. The monoisotopic (exact) mass is 308 g/mol. The standard InChI is InChI=1S/C12H9BrN2OS/c13-10-5-2-1-4-9(10)8-14-15-12(16)11-6-3-7-17-11/h1-8H,(H,15,16)/b14-8-. The number of hydrogen-bond acceptors (Lipinski definition) is 3. The lowest BCUT2D eigenvalue weighted by Crippen LogP contribution is -2.16. The van der Waals surface area contributed by atoms with E-state index in [0.29, 0.717) is 4.88 Å². The number of hydrazone groups is 1. The first-order valence-electron chi connectivity index (χ1n) is 4.89. The van der Waals surface area contributed by atoms with E-state index in [9.17, 15) is 4.79 Å². The Hall–Kier alpha value is -1.46. The lowest BCUT2D eigenvalue weighted by molar-refractivity contribution is 0.0959. The van der Waals surface area contributed by atoms with Gasteiger partial charge in [0.25, 0.3) is 5.91 Å². The van der Waals surface area contributed by atoms with Crippen LogP contribution in [0.4, 0.5) is 0 Å². The van der Waals surface area contributed by atoms with Crippen molar-refractivity contribution in [2.24, 2.45) is 5.10 Å². The maximum atomic E-state index is 11.6. The Bertz CT molecular complexity index is 537. The van der Waals surface area contributed by atoms with Gasteiger partial charge in [-0.25, -0.2) is 5.43 Å². The van der Waals surface area contributed by atoms with Crippen LogP contribution in [0, 0.1) is 0 Å². The second-order valence-corrected chi connectivity index (χ2v) is 5.00. The molecule has 0 radical (unpaired) electrons. The van der Waals surface area contributed by atoms with Crippen molar-refractivity contribution in [1.29, 1.82) is 0 Å². The van der Waals surface area contributed by atoms with Gasteiger partial charge < -0.3 is 0 Å². The number of thiophene rings is 1. The molecule has 2 rings (SSSR count). The maximum Gasteiger partial charge on any atom is 0.281 e. The SMILES string of the molecule is O=C(N/N=C\c1ccccc1Br)c1cccs1. The highest BCUT2D eigenvalue weighted by atomic mass is 79.9. The van der Waals surface area contributed by atoms with E-state index in [1.165, 1.54) is 11.3 Å². The summed E-state index contributed by atoms with van der Waals surface area (Å²) in [5, 5.41) is 5.76. The molecule has 1 aromatic heterocycles. The van der Waals surface area contributed by atoms with Crippen LogP contribution in [-0.2, 0) is 0 Å². The molecule has 1 aromatic carbocycles. The zero-order valence-corrected chi connectivity index (χ0v) is 11.2. The molecular weight excluding hydrogens is 300 g/mol. The van der Waals surface area contributed by atoms with Gasteiger partial charge in [0.05, 0.1) is 11.1 Å². The fourth-order valence-corrected chi connectivity index (χ4v) is 2.20. The van der Waals surface area contributed by atoms with Gasteiger partial charge in [-0.05, 0) is 17.5 Å². The van der Waals surface area contributed by atoms with Gasteiger partial charge in [0, 0.05) is 10.0 Å². The summed E-state index contributed by atoms with van der Waals surface area (Å²) in [6.45, 7) is 0. The normalized spacial score (nSPS) is 10.6. The number of benzene rings is 1. The van der Waals surface area contributed by atoms with Gasteiger partial charge in [0.1, 0.15) is 0 Å². The minimum absolute atomic E-state index is 0.191. The number of carbonyl (C=O) groups excluding carboxylic acids is 1. The molecule has 0 fully saturated rings. The Kier molecular flexibility index (Phi) is 4.06. The van der Waals surface area contributed by atoms with Crippen molar-refractivity contribution in [2.45, 2.75) is 0 Å². The van der Waals surface area contributed by atoms with Crippen LogP contribution in [0.1, 0.15) is 15.2 Å². The lowest BCUT2D eigenvalue weighted by atomic mass is 10.2. The fourth-order valence-electron chi connectivity index (χ4n) is 1.20. The number of hydrogen-bond donors (Lipinski definition) is 1. The van der Waals surface area contributed by atoms with E-state index in [1.54, 1.807) is 12.3 Å². The van der Waals surface area contributed by atoms with E-state index in [4.69, 9.17) is 0 Å². The van der Waals surface area contributed by atoms with Crippen LogP contribution in [0.15, 0.2) is 51.4 Å². The lowest BCUT2D eigenvalue weighted by Gasteiger charge is -1.97. The Morgan fingerprint density at radius 3 is 2.82 bits per heavy atom. The number of nitrogens with zero attached hydrogens (tertiary/aromatic N) is 1. The van der Waals surface area contributed by atoms with Crippen molar-refractivity contribution in [2.75, 3.05) is 0 Å². The Labute approximate surface area is 111 Å². The summed E-state index contributed by atoms with van der Waals surface area (Å²) in [4.78, 5) is 12.2. The summed E-state index contributed by atoms with van der Waals surface area (Å²) in [5.41, 5.74) is 3.40. The summed E-state index contributed by atoms with van der Waals surface area (Å²) in [7, 11) is 0. The van der Waals surface area contributed by atoms with Crippen LogP contribution in [0.5, 0.6) is 0 Å². The number of rotatable bonds is 3. The molecule has 0 aliphatic heterocycles. The number of halogens is 1. The molecular formula is C12H9BrN2OS. The molecule has 2 aromatic rings. The van der Waals surface area contributed by atoms with Gasteiger partial charge in [0.15, 0.2) is 0 Å². The second-order valence-electron chi connectivity index (χ2n) is 3.20. The van der Waals surface area contributed by atoms with Gasteiger partial charge >= 0.3 is 0 Å². The third-order valence-corrected chi connectivity index (χ3v) is 3.61. The number of amides is 1. The van der Waals surface area contributed by atoms with Crippen LogP contribution in [0.3, 0.4) is 0 Å². The molecule has 1 heterocycles. The summed E-state index contributed by atoms with van der Waals surface area (Å²) in [6.07, 6.45) is 1.61. The first-order valence-corrected chi connectivity index (χ1v) is 6.56. The topological polar surface area (TPSA) is 41.5 Å². The van der Waals surface area contributed by atoms with Crippen LogP contribution in [0.2, 0.25) is 0 Å². The fraction of sp³-hybridized carbons (Fsp3) is 0. The zero-order valence-electron chi connectivity index (χ0n) is 8.76. The molecule has 0 aliphatic carbocycles. The third kappa shape index (κ3) is 3.25. The number of carbonyl (C=O) groups is 1. The largest absolute Gasteiger partial charge is 0.281 e. The highest BCUT2D eigenvalue weighted by Gasteiger charge is 2.03. The van der Waals surface area contributed by atoms with Crippen LogP contribution < -0.4 is 5.43 Å². The smallest absolute Gasteiger partial charge is 0.266 e. The van der Waals surface area contributed by atoms with Crippen molar-refractivity contribution in [1.82, 2.24) is 5.43 Å². The highest BCUT2D eigenvalue weighted by Crippen LogP contribution is 2.13. The third-order valence-electron chi connectivity index (χ3n) is 2.02. The van der Waals surface area contributed by atoms with Gasteiger partial charge in [-0.2, -0.15) is 5.10 Å². The van der Waals surface area contributed by atoms with Gasteiger partial charge in [-0.3, -0.25) is 4.79 Å². The van der Waals surface area contributed by atoms with Crippen molar-refractivity contribution in [3.05, 3.63) is 56.7 Å². The van der Waals surface area contributed by atoms with E-state index in [0.717, 1.165) is 10.0 Å². The van der Waals surface area contributed by atoms with Gasteiger partial charge in [0.2, 0.25) is 0 Å². The molecule has 1 N–H and O–H groups in total. The molecule has 0 aliphatic rings. The Morgan fingerprint density at radius 2 is 2.12 bits per heavy atom. The molecule has 0 unspecified atom stereocenters. The van der Waals surface area contributed by atoms with Gasteiger partial charge in [-0.15, -0.1) is 11.3 Å². The molecule has 3 nitrogen and oxygen atoms in total. The second kappa shape index (κ2) is 5.75. The molecule has 0 atom stereocenters. The first kappa shape index (κ1) is 12.0. The van der Waals surface area contributed by atoms with E-state index in [1.807, 2.05) is 35.7 Å². The molecule has 5 heteroatoms. The van der Waals surface area contributed by atoms with Crippen LogP contribution in [0.25, 0.3) is 0 Å². The van der Waals surface area contributed by atoms with Crippen molar-refractivity contribution in [3.8, 4) is 0 Å². The van der Waals surface area contributed by atoms with E-state index >= 15 is 0 Å². The molecule has 1 amide bonds. The minimum atomic E-state index is -0.191. The summed E-state index contributed by atoms with van der Waals surface area (Å²) in [5.74, 6) is -0.191. The van der Waals surface area contributed by atoms with E-state index in [2.05, 4.69) is 26.5 Å².